The maximum atomic E-state index is 14.1. The molecule has 2 aromatic rings. The first-order chi connectivity index (χ1) is 13.2. The predicted octanol–water partition coefficient (Wildman–Crippen LogP) is 2.38. The first-order valence-corrected chi connectivity index (χ1v) is 11.5. The van der Waals surface area contributed by atoms with Crippen LogP contribution in [0.3, 0.4) is 0 Å². The van der Waals surface area contributed by atoms with E-state index in [-0.39, 0.29) is 11.7 Å². The molecule has 3 rings (SSSR count). The first-order valence-electron chi connectivity index (χ1n) is 9.20. The minimum Gasteiger partial charge on any atom is -0.312 e. The van der Waals surface area contributed by atoms with Gasteiger partial charge in [0.15, 0.2) is 5.82 Å². The number of rotatable bonds is 6. The third kappa shape index (κ3) is 4.89. The van der Waals surface area contributed by atoms with Crippen molar-refractivity contribution < 1.29 is 12.8 Å². The number of sulfonamides is 1. The Bertz CT molecular complexity index is 927. The van der Waals surface area contributed by atoms with Gasteiger partial charge in [0, 0.05) is 43.2 Å². The summed E-state index contributed by atoms with van der Waals surface area (Å²) in [7, 11) is -3.39. The van der Waals surface area contributed by atoms with Crippen LogP contribution >= 0.6 is 11.6 Å². The molecule has 0 amide bonds. The van der Waals surface area contributed by atoms with Crippen molar-refractivity contribution in [1.82, 2.24) is 24.4 Å². The lowest BCUT2D eigenvalue weighted by molar-refractivity contribution is 0.265. The van der Waals surface area contributed by atoms with Crippen molar-refractivity contribution in [3.63, 3.8) is 0 Å². The molecule has 1 aromatic heterocycles. The molecule has 1 aliphatic heterocycles. The molecule has 1 unspecified atom stereocenters. The summed E-state index contributed by atoms with van der Waals surface area (Å²) >= 11 is 6.16. The smallest absolute Gasteiger partial charge is 0.209 e. The van der Waals surface area contributed by atoms with Crippen molar-refractivity contribution >= 4 is 21.6 Å². The number of hydrogen-bond donors (Lipinski definition) is 1. The van der Waals surface area contributed by atoms with Gasteiger partial charge in [-0.05, 0) is 18.1 Å². The van der Waals surface area contributed by atoms with Crippen LogP contribution in [0.4, 0.5) is 4.39 Å². The molecule has 7 nitrogen and oxygen atoms in total. The lowest BCUT2D eigenvalue weighted by Crippen LogP contribution is -2.33. The van der Waals surface area contributed by atoms with Crippen LogP contribution in [-0.4, -0.2) is 47.4 Å². The molecule has 0 radical (unpaired) electrons. The highest BCUT2D eigenvalue weighted by Crippen LogP contribution is 2.25. The van der Waals surface area contributed by atoms with Gasteiger partial charge in [0.25, 0.3) is 0 Å². The van der Waals surface area contributed by atoms with Crippen LogP contribution in [0, 0.1) is 11.7 Å². The highest BCUT2D eigenvalue weighted by molar-refractivity contribution is 7.88. The number of aromatic nitrogens is 3. The molecule has 0 bridgehead atoms. The Morgan fingerprint density at radius 3 is 2.64 bits per heavy atom. The minimum absolute atomic E-state index is 0.0135. The number of benzene rings is 1. The van der Waals surface area contributed by atoms with Crippen LogP contribution in [0.2, 0.25) is 5.02 Å². The summed E-state index contributed by atoms with van der Waals surface area (Å²) in [6, 6.07) is 4.24. The minimum atomic E-state index is -3.39. The monoisotopic (exact) mass is 429 g/mol. The van der Waals surface area contributed by atoms with Gasteiger partial charge in [-0.1, -0.05) is 31.5 Å². The lowest BCUT2D eigenvalue weighted by Gasteiger charge is -2.23. The van der Waals surface area contributed by atoms with Gasteiger partial charge in [-0.2, -0.15) is 0 Å². The van der Waals surface area contributed by atoms with Gasteiger partial charge in [0.05, 0.1) is 12.3 Å². The molecule has 0 fully saturated rings. The van der Waals surface area contributed by atoms with Crippen LogP contribution in [0.1, 0.15) is 37.1 Å². The van der Waals surface area contributed by atoms with Crippen molar-refractivity contribution in [3.8, 4) is 0 Å². The van der Waals surface area contributed by atoms with Gasteiger partial charge in [0.2, 0.25) is 10.0 Å². The highest BCUT2D eigenvalue weighted by Gasteiger charge is 2.28. The molecule has 1 aliphatic rings. The molecular formula is C18H25ClFN5O2S. The van der Waals surface area contributed by atoms with E-state index < -0.39 is 16.1 Å². The zero-order valence-electron chi connectivity index (χ0n) is 16.2. The molecule has 0 saturated heterocycles. The average molecular weight is 430 g/mol. The second kappa shape index (κ2) is 8.44. The number of hydrogen-bond acceptors (Lipinski definition) is 5. The zero-order chi connectivity index (χ0) is 20.5. The van der Waals surface area contributed by atoms with E-state index in [2.05, 4.69) is 19.8 Å². The Morgan fingerprint density at radius 1 is 1.25 bits per heavy atom. The fourth-order valence-corrected chi connectivity index (χ4v) is 4.46. The number of nitrogens with zero attached hydrogens (tertiary/aromatic N) is 4. The van der Waals surface area contributed by atoms with E-state index in [0.29, 0.717) is 49.0 Å². The average Bonchev–Trinajstić information content (AvgIpc) is 2.89. The molecule has 154 valence electrons. The Morgan fingerprint density at radius 2 is 2.00 bits per heavy atom. The van der Waals surface area contributed by atoms with Crippen LogP contribution in [-0.2, 0) is 29.5 Å². The summed E-state index contributed by atoms with van der Waals surface area (Å²) in [6.07, 6.45) is 1.78. The number of halogens is 2. The third-order valence-electron chi connectivity index (χ3n) is 4.88. The largest absolute Gasteiger partial charge is 0.312 e. The molecule has 28 heavy (non-hydrogen) atoms. The molecular weight excluding hydrogens is 405 g/mol. The molecule has 2 heterocycles. The van der Waals surface area contributed by atoms with Crippen LogP contribution in [0.15, 0.2) is 18.2 Å². The normalized spacial score (nSPS) is 16.8. The predicted molar refractivity (Wildman–Crippen MR) is 106 cm³/mol. The fraction of sp³-hybridized carbons (Fsp3) is 0.556. The number of nitrogens with one attached hydrogen (secondary N) is 1. The maximum absolute atomic E-state index is 14.1. The van der Waals surface area contributed by atoms with Crippen LogP contribution in [0.5, 0.6) is 0 Å². The second-order valence-electron chi connectivity index (χ2n) is 7.46. The van der Waals surface area contributed by atoms with Crippen molar-refractivity contribution in [2.75, 3.05) is 19.3 Å². The van der Waals surface area contributed by atoms with Crippen molar-refractivity contribution in [1.29, 1.82) is 0 Å². The van der Waals surface area contributed by atoms with Gasteiger partial charge >= 0.3 is 0 Å². The molecule has 1 aromatic carbocycles. The Balaban J connectivity index is 1.79. The summed E-state index contributed by atoms with van der Waals surface area (Å²) in [5.74, 6) is 1.12. The van der Waals surface area contributed by atoms with E-state index in [4.69, 9.17) is 11.6 Å². The van der Waals surface area contributed by atoms with Crippen molar-refractivity contribution in [3.05, 3.63) is 46.3 Å². The highest BCUT2D eigenvalue weighted by atomic mass is 35.5. The summed E-state index contributed by atoms with van der Waals surface area (Å²) < 4.78 is 42.3. The summed E-state index contributed by atoms with van der Waals surface area (Å²) in [5.41, 5.74) is 0.487. The van der Waals surface area contributed by atoms with Crippen LogP contribution < -0.4 is 4.72 Å². The zero-order valence-corrected chi connectivity index (χ0v) is 17.8. The first kappa shape index (κ1) is 21.2. The SMILES string of the molecule is CC(C)C(NS(C)(=O)=O)c1nnc2n1CCN(Cc1c(F)cccc1Cl)CC2. The second-order valence-corrected chi connectivity index (χ2v) is 9.65. The summed E-state index contributed by atoms with van der Waals surface area (Å²) in [6.45, 7) is 6.23. The maximum Gasteiger partial charge on any atom is 0.209 e. The Kier molecular flexibility index (Phi) is 6.38. The molecule has 0 spiro atoms. The molecule has 0 aliphatic carbocycles. The molecule has 10 heteroatoms. The topological polar surface area (TPSA) is 80.1 Å². The van der Waals surface area contributed by atoms with Gasteiger partial charge < -0.3 is 4.57 Å². The van der Waals surface area contributed by atoms with E-state index in [1.165, 1.54) is 6.07 Å². The van der Waals surface area contributed by atoms with E-state index in [0.717, 1.165) is 12.1 Å². The molecule has 1 N–H and O–H groups in total. The van der Waals surface area contributed by atoms with E-state index in [9.17, 15) is 12.8 Å². The molecule has 1 atom stereocenters. The fourth-order valence-electron chi connectivity index (χ4n) is 3.40. The number of fused-ring (bicyclic) bond motifs is 1. The van der Waals surface area contributed by atoms with Crippen molar-refractivity contribution in [2.45, 2.75) is 39.4 Å². The van der Waals surface area contributed by atoms with Crippen LogP contribution in [0.25, 0.3) is 0 Å². The lowest BCUT2D eigenvalue weighted by atomic mass is 10.1. The van der Waals surface area contributed by atoms with Crippen molar-refractivity contribution in [2.24, 2.45) is 5.92 Å². The molecule has 0 saturated carbocycles. The Labute approximate surface area is 169 Å². The summed E-state index contributed by atoms with van der Waals surface area (Å²) in [4.78, 5) is 2.12. The Hall–Kier alpha value is -1.55. The van der Waals surface area contributed by atoms with E-state index >= 15 is 0 Å². The third-order valence-corrected chi connectivity index (χ3v) is 5.91. The van der Waals surface area contributed by atoms with E-state index in [1.807, 2.05) is 18.4 Å². The van der Waals surface area contributed by atoms with Gasteiger partial charge in [-0.3, -0.25) is 4.90 Å². The van der Waals surface area contributed by atoms with E-state index in [1.54, 1.807) is 12.1 Å². The van der Waals surface area contributed by atoms with Gasteiger partial charge in [-0.15, -0.1) is 10.2 Å². The van der Waals surface area contributed by atoms with Gasteiger partial charge in [-0.25, -0.2) is 17.5 Å². The standard InChI is InChI=1S/C18H25ClFN5O2S/c1-12(2)17(23-28(3,26)27)18-22-21-16-7-8-24(9-10-25(16)18)11-13-14(19)5-4-6-15(13)20/h4-6,12,17,23H,7-11H2,1-3H3. The summed E-state index contributed by atoms with van der Waals surface area (Å²) in [5, 5.41) is 8.96. The quantitative estimate of drug-likeness (QED) is 0.762. The van der Waals surface area contributed by atoms with Gasteiger partial charge in [0.1, 0.15) is 11.6 Å².